The van der Waals surface area contributed by atoms with Gasteiger partial charge in [-0.25, -0.2) is 0 Å². The van der Waals surface area contributed by atoms with Crippen LogP contribution in [0.1, 0.15) is 30.4 Å². The van der Waals surface area contributed by atoms with Gasteiger partial charge in [-0.05, 0) is 24.1 Å². The Balaban J connectivity index is 1.37. The summed E-state index contributed by atoms with van der Waals surface area (Å²) in [5, 5.41) is 2.88. The number of nitrogens with zero attached hydrogens (tertiary/aromatic N) is 2. The van der Waals surface area contributed by atoms with Crippen LogP contribution >= 0.6 is 0 Å². The van der Waals surface area contributed by atoms with Crippen LogP contribution in [0.5, 0.6) is 0 Å². The number of benzene rings is 2. The van der Waals surface area contributed by atoms with Crippen LogP contribution < -0.4 is 5.32 Å². The first-order chi connectivity index (χ1) is 13.1. The van der Waals surface area contributed by atoms with Gasteiger partial charge in [0.25, 0.3) is 0 Å². The van der Waals surface area contributed by atoms with Gasteiger partial charge in [0.15, 0.2) is 0 Å². The lowest BCUT2D eigenvalue weighted by Crippen LogP contribution is -2.53. The standard InChI is InChI=1S/C22H25N3O2/c1-16-14-24(15-17-7-3-2-4-8-17)11-12-25(16)21(26)13-19-18-9-5-6-10-20(18)23-22(19)27/h2-10,16,19H,11-15H2,1H3,(H,23,27). The number of para-hydroxylation sites is 1. The predicted octanol–water partition coefficient (Wildman–Crippen LogP) is 2.85. The number of anilines is 1. The van der Waals surface area contributed by atoms with Crippen LogP contribution in [0.2, 0.25) is 0 Å². The van der Waals surface area contributed by atoms with E-state index >= 15 is 0 Å². The van der Waals surface area contributed by atoms with Gasteiger partial charge in [-0.15, -0.1) is 0 Å². The third kappa shape index (κ3) is 3.74. The fourth-order valence-electron chi connectivity index (χ4n) is 4.16. The topological polar surface area (TPSA) is 52.7 Å². The third-order valence-electron chi connectivity index (χ3n) is 5.57. The molecule has 2 atom stereocenters. The van der Waals surface area contributed by atoms with Gasteiger partial charge < -0.3 is 10.2 Å². The molecule has 4 rings (SSSR count). The smallest absolute Gasteiger partial charge is 0.232 e. The number of hydrogen-bond donors (Lipinski definition) is 1. The van der Waals surface area contributed by atoms with Crippen molar-refractivity contribution in [2.75, 3.05) is 25.0 Å². The van der Waals surface area contributed by atoms with Gasteiger partial charge in [0, 0.05) is 44.3 Å². The Labute approximate surface area is 160 Å². The molecule has 1 fully saturated rings. The summed E-state index contributed by atoms with van der Waals surface area (Å²) in [5.41, 5.74) is 3.07. The van der Waals surface area contributed by atoms with Crippen molar-refractivity contribution in [3.8, 4) is 0 Å². The molecule has 2 unspecified atom stereocenters. The molecule has 0 bridgehead atoms. The van der Waals surface area contributed by atoms with E-state index in [2.05, 4.69) is 41.4 Å². The Hall–Kier alpha value is -2.66. The van der Waals surface area contributed by atoms with E-state index in [9.17, 15) is 9.59 Å². The van der Waals surface area contributed by atoms with Gasteiger partial charge in [-0.2, -0.15) is 0 Å². The van der Waals surface area contributed by atoms with Gasteiger partial charge in [0.05, 0.1) is 5.92 Å². The molecule has 2 aliphatic heterocycles. The van der Waals surface area contributed by atoms with Gasteiger partial charge in [-0.3, -0.25) is 14.5 Å². The minimum atomic E-state index is -0.372. The molecule has 1 saturated heterocycles. The molecule has 2 aliphatic rings. The highest BCUT2D eigenvalue weighted by Crippen LogP contribution is 2.35. The average molecular weight is 363 g/mol. The van der Waals surface area contributed by atoms with E-state index in [-0.39, 0.29) is 30.2 Å². The highest BCUT2D eigenvalue weighted by Gasteiger charge is 2.35. The lowest BCUT2D eigenvalue weighted by molar-refractivity contribution is -0.137. The molecule has 0 radical (unpaired) electrons. The zero-order valence-corrected chi connectivity index (χ0v) is 15.6. The molecule has 0 spiro atoms. The quantitative estimate of drug-likeness (QED) is 0.909. The van der Waals surface area contributed by atoms with Crippen molar-refractivity contribution in [1.29, 1.82) is 0 Å². The van der Waals surface area contributed by atoms with Gasteiger partial charge in [-0.1, -0.05) is 48.5 Å². The number of piperazine rings is 1. The molecule has 2 aromatic carbocycles. The molecule has 0 saturated carbocycles. The summed E-state index contributed by atoms with van der Waals surface area (Å²) < 4.78 is 0. The maximum atomic E-state index is 12.9. The second-order valence-electron chi connectivity index (χ2n) is 7.49. The average Bonchev–Trinajstić information content (AvgIpc) is 2.98. The van der Waals surface area contributed by atoms with Crippen molar-refractivity contribution in [2.24, 2.45) is 0 Å². The van der Waals surface area contributed by atoms with Crippen molar-refractivity contribution in [3.05, 3.63) is 65.7 Å². The van der Waals surface area contributed by atoms with Crippen LogP contribution in [-0.2, 0) is 16.1 Å². The Kier molecular flexibility index (Phi) is 4.94. The zero-order valence-electron chi connectivity index (χ0n) is 15.6. The molecule has 5 nitrogen and oxygen atoms in total. The van der Waals surface area contributed by atoms with E-state index in [0.29, 0.717) is 6.54 Å². The Bertz CT molecular complexity index is 836. The minimum Gasteiger partial charge on any atom is -0.337 e. The highest BCUT2D eigenvalue weighted by atomic mass is 16.2. The van der Waals surface area contributed by atoms with Crippen molar-refractivity contribution < 1.29 is 9.59 Å². The summed E-state index contributed by atoms with van der Waals surface area (Å²) in [5.74, 6) is -0.373. The Morgan fingerprint density at radius 3 is 2.59 bits per heavy atom. The summed E-state index contributed by atoms with van der Waals surface area (Å²) in [6.45, 7) is 5.43. The second kappa shape index (κ2) is 7.53. The maximum Gasteiger partial charge on any atom is 0.232 e. The van der Waals surface area contributed by atoms with Gasteiger partial charge in [0.1, 0.15) is 0 Å². The largest absolute Gasteiger partial charge is 0.337 e. The molecule has 5 heteroatoms. The zero-order chi connectivity index (χ0) is 18.8. The maximum absolute atomic E-state index is 12.9. The Morgan fingerprint density at radius 2 is 1.81 bits per heavy atom. The highest BCUT2D eigenvalue weighted by molar-refractivity contribution is 6.04. The van der Waals surface area contributed by atoms with Gasteiger partial charge >= 0.3 is 0 Å². The molecule has 2 heterocycles. The first-order valence-electron chi connectivity index (χ1n) is 9.57. The molecule has 140 valence electrons. The fraction of sp³-hybridized carbons (Fsp3) is 0.364. The van der Waals surface area contributed by atoms with Crippen molar-refractivity contribution >= 4 is 17.5 Å². The normalized spacial score (nSPS) is 22.4. The van der Waals surface area contributed by atoms with Crippen molar-refractivity contribution in [2.45, 2.75) is 31.8 Å². The monoisotopic (exact) mass is 363 g/mol. The van der Waals surface area contributed by atoms with Crippen LogP contribution in [0.25, 0.3) is 0 Å². The summed E-state index contributed by atoms with van der Waals surface area (Å²) in [4.78, 5) is 29.5. The summed E-state index contributed by atoms with van der Waals surface area (Å²) in [7, 11) is 0. The lowest BCUT2D eigenvalue weighted by atomic mass is 9.96. The fourth-order valence-corrected chi connectivity index (χ4v) is 4.16. The second-order valence-corrected chi connectivity index (χ2v) is 7.49. The van der Waals surface area contributed by atoms with Crippen LogP contribution in [0, 0.1) is 0 Å². The van der Waals surface area contributed by atoms with Crippen LogP contribution in [0.3, 0.4) is 0 Å². The van der Waals surface area contributed by atoms with Crippen molar-refractivity contribution in [3.63, 3.8) is 0 Å². The number of nitrogens with one attached hydrogen (secondary N) is 1. The third-order valence-corrected chi connectivity index (χ3v) is 5.57. The minimum absolute atomic E-state index is 0.0683. The summed E-state index contributed by atoms with van der Waals surface area (Å²) in [6, 6.07) is 18.2. The number of carbonyl (C=O) groups excluding carboxylic acids is 2. The van der Waals surface area contributed by atoms with E-state index in [1.165, 1.54) is 5.56 Å². The van der Waals surface area contributed by atoms with E-state index < -0.39 is 0 Å². The van der Waals surface area contributed by atoms with Crippen LogP contribution in [0.15, 0.2) is 54.6 Å². The van der Waals surface area contributed by atoms with E-state index in [0.717, 1.165) is 30.9 Å². The van der Waals surface area contributed by atoms with Crippen molar-refractivity contribution in [1.82, 2.24) is 9.80 Å². The number of carbonyl (C=O) groups is 2. The van der Waals surface area contributed by atoms with E-state index in [4.69, 9.17) is 0 Å². The molecule has 27 heavy (non-hydrogen) atoms. The van der Waals surface area contributed by atoms with Crippen LogP contribution in [0.4, 0.5) is 5.69 Å². The number of fused-ring (bicyclic) bond motifs is 1. The predicted molar refractivity (Wildman–Crippen MR) is 105 cm³/mol. The molecular weight excluding hydrogens is 338 g/mol. The lowest BCUT2D eigenvalue weighted by Gasteiger charge is -2.40. The molecule has 1 N–H and O–H groups in total. The molecule has 2 aromatic rings. The molecule has 0 aromatic heterocycles. The molecular formula is C22H25N3O2. The summed E-state index contributed by atoms with van der Waals surface area (Å²) >= 11 is 0. The number of amides is 2. The number of rotatable bonds is 4. The molecule has 0 aliphatic carbocycles. The SMILES string of the molecule is CC1CN(Cc2ccccc2)CCN1C(=O)CC1C(=O)Nc2ccccc21. The van der Waals surface area contributed by atoms with E-state index in [1.54, 1.807) is 0 Å². The van der Waals surface area contributed by atoms with E-state index in [1.807, 2.05) is 35.2 Å². The first kappa shape index (κ1) is 17.7. The first-order valence-corrected chi connectivity index (χ1v) is 9.57. The summed E-state index contributed by atoms with van der Waals surface area (Å²) in [6.07, 6.45) is 0.242. The van der Waals surface area contributed by atoms with Crippen LogP contribution in [-0.4, -0.2) is 47.3 Å². The van der Waals surface area contributed by atoms with Gasteiger partial charge in [0.2, 0.25) is 11.8 Å². The molecule has 2 amide bonds. The number of hydrogen-bond acceptors (Lipinski definition) is 3. The Morgan fingerprint density at radius 1 is 1.07 bits per heavy atom.